The van der Waals surface area contributed by atoms with E-state index in [4.69, 9.17) is 27.1 Å². The van der Waals surface area contributed by atoms with Crippen LogP contribution in [-0.2, 0) is 4.74 Å². The van der Waals surface area contributed by atoms with Crippen LogP contribution in [0.15, 0.2) is 41.8 Å². The lowest BCUT2D eigenvalue weighted by molar-refractivity contribution is 0.0390. The van der Waals surface area contributed by atoms with Gasteiger partial charge in [-0.3, -0.25) is 9.69 Å². The van der Waals surface area contributed by atoms with Gasteiger partial charge < -0.3 is 15.4 Å². The molecule has 2 N–H and O–H groups in total. The molecule has 1 aromatic carbocycles. The smallest absolute Gasteiger partial charge is 0.411 e. The van der Waals surface area contributed by atoms with E-state index in [9.17, 15) is 9.59 Å². The zero-order valence-electron chi connectivity index (χ0n) is 17.1. The van der Waals surface area contributed by atoms with Gasteiger partial charge in [-0.1, -0.05) is 30.7 Å². The summed E-state index contributed by atoms with van der Waals surface area (Å²) in [5.41, 5.74) is 8.09. The average molecular weight is 459 g/mol. The second-order valence-electron chi connectivity index (χ2n) is 7.32. The minimum absolute atomic E-state index is 0.154. The summed E-state index contributed by atoms with van der Waals surface area (Å²) < 4.78 is 5.17. The Bertz CT molecular complexity index is 1110. The highest BCUT2D eigenvalue weighted by Crippen LogP contribution is 2.31. The summed E-state index contributed by atoms with van der Waals surface area (Å²) in [6, 6.07) is 11.1. The lowest BCUT2D eigenvalue weighted by Gasteiger charge is -2.38. The van der Waals surface area contributed by atoms with Crippen LogP contribution < -0.4 is 5.73 Å². The van der Waals surface area contributed by atoms with Crippen molar-refractivity contribution in [2.24, 2.45) is 5.73 Å². The van der Waals surface area contributed by atoms with E-state index >= 15 is 0 Å². The fourth-order valence-corrected chi connectivity index (χ4v) is 4.49. The molecule has 1 fully saturated rings. The average Bonchev–Trinajstić information content (AvgIpc) is 3.31. The summed E-state index contributed by atoms with van der Waals surface area (Å²) in [5.74, 6) is -0.154. The number of hydrogen-bond acceptors (Lipinski definition) is 6. The van der Waals surface area contributed by atoms with Crippen LogP contribution in [0.3, 0.4) is 0 Å². The summed E-state index contributed by atoms with van der Waals surface area (Å²) in [6.07, 6.45) is -0.305. The number of pyridine rings is 1. The van der Waals surface area contributed by atoms with Gasteiger partial charge in [-0.05, 0) is 36.1 Å². The minimum Gasteiger partial charge on any atom is -0.449 e. The number of nitrogens with two attached hydrogens (primary N) is 1. The number of amides is 2. The summed E-state index contributed by atoms with van der Waals surface area (Å²) in [5, 5.41) is 3.36. The second kappa shape index (κ2) is 9.21. The molecule has 162 valence electrons. The molecule has 3 aromatic rings. The topological polar surface area (TPSA) is 88.8 Å². The minimum atomic E-state index is -0.611. The predicted octanol–water partition coefficient (Wildman–Crippen LogP) is 4.21. The number of hydrogen-bond donors (Lipinski definition) is 1. The first-order valence-corrected chi connectivity index (χ1v) is 11.4. The Labute approximate surface area is 189 Å². The van der Waals surface area contributed by atoms with Crippen molar-refractivity contribution in [1.82, 2.24) is 14.8 Å². The Morgan fingerprint density at radius 1 is 1.29 bits per heavy atom. The van der Waals surface area contributed by atoms with Gasteiger partial charge in [-0.15, -0.1) is 11.3 Å². The number of piperazine rings is 1. The fourth-order valence-electron chi connectivity index (χ4n) is 3.55. The lowest BCUT2D eigenvalue weighted by Crippen LogP contribution is -2.60. The summed E-state index contributed by atoms with van der Waals surface area (Å²) >= 11 is 8.05. The number of nitrogens with zero attached hydrogens (tertiary/aromatic N) is 3. The molecule has 2 aromatic heterocycles. The highest BCUT2D eigenvalue weighted by atomic mass is 35.5. The number of thiophene rings is 1. The maximum atomic E-state index is 13.1. The summed E-state index contributed by atoms with van der Waals surface area (Å²) in [4.78, 5) is 34.1. The van der Waals surface area contributed by atoms with Crippen molar-refractivity contribution >= 4 is 45.8 Å². The van der Waals surface area contributed by atoms with Crippen molar-refractivity contribution in [2.75, 3.05) is 26.2 Å². The van der Waals surface area contributed by atoms with Gasteiger partial charge in [0.15, 0.2) is 0 Å². The Kier molecular flexibility index (Phi) is 6.41. The van der Waals surface area contributed by atoms with Gasteiger partial charge >= 0.3 is 6.09 Å². The molecule has 7 nitrogen and oxygen atoms in total. The number of rotatable bonds is 4. The molecule has 0 aliphatic carbocycles. The monoisotopic (exact) mass is 458 g/mol. The molecule has 0 spiro atoms. The summed E-state index contributed by atoms with van der Waals surface area (Å²) in [6.45, 7) is 3.23. The first kappa shape index (κ1) is 21.5. The number of aromatic nitrogens is 1. The van der Waals surface area contributed by atoms with Gasteiger partial charge in [0, 0.05) is 24.0 Å². The third kappa shape index (κ3) is 4.51. The largest absolute Gasteiger partial charge is 0.449 e. The third-order valence-electron chi connectivity index (χ3n) is 5.15. The standard InChI is InChI=1S/C22H23ClN4O3S/c1-2-9-30-22(29)27-8-7-26(13-20(27)24)21(28)14-5-6-15-16(23)12-18(25-17(15)11-14)19-4-3-10-31-19/h3-6,10-12,20H,2,7-9,13,24H2,1H3/t20-/m0/s1. The van der Waals surface area contributed by atoms with Crippen LogP contribution in [-0.4, -0.2) is 59.2 Å². The SMILES string of the molecule is CCCOC(=O)N1CCN(C(=O)c2ccc3c(Cl)cc(-c4cccs4)nc3c2)C[C@H]1N. The molecule has 2 amide bonds. The molecule has 0 bridgehead atoms. The first-order chi connectivity index (χ1) is 15.0. The Balaban J connectivity index is 1.53. The first-order valence-electron chi connectivity index (χ1n) is 10.1. The van der Waals surface area contributed by atoms with Gasteiger partial charge in [0.25, 0.3) is 5.91 Å². The van der Waals surface area contributed by atoms with Crippen LogP contribution in [0.4, 0.5) is 4.79 Å². The number of ether oxygens (including phenoxy) is 1. The summed E-state index contributed by atoms with van der Waals surface area (Å²) in [7, 11) is 0. The molecular weight excluding hydrogens is 436 g/mol. The number of halogens is 1. The Hall–Kier alpha value is -2.68. The molecule has 0 saturated carbocycles. The second-order valence-corrected chi connectivity index (χ2v) is 8.68. The van der Waals surface area contributed by atoms with Crippen molar-refractivity contribution in [3.05, 3.63) is 52.4 Å². The van der Waals surface area contributed by atoms with Gasteiger partial charge in [0.1, 0.15) is 6.17 Å². The number of fused-ring (bicyclic) bond motifs is 1. The van der Waals surface area contributed by atoms with E-state index in [2.05, 4.69) is 0 Å². The van der Waals surface area contributed by atoms with E-state index in [1.54, 1.807) is 28.4 Å². The number of benzene rings is 1. The van der Waals surface area contributed by atoms with Crippen molar-refractivity contribution in [3.63, 3.8) is 0 Å². The highest BCUT2D eigenvalue weighted by Gasteiger charge is 2.31. The van der Waals surface area contributed by atoms with Crippen molar-refractivity contribution < 1.29 is 14.3 Å². The Morgan fingerprint density at radius 3 is 2.84 bits per heavy atom. The quantitative estimate of drug-likeness (QED) is 0.632. The van der Waals surface area contributed by atoms with Gasteiger partial charge in [0.05, 0.1) is 34.3 Å². The van der Waals surface area contributed by atoms with Crippen LogP contribution in [0.1, 0.15) is 23.7 Å². The van der Waals surface area contributed by atoms with Crippen LogP contribution in [0.5, 0.6) is 0 Å². The van der Waals surface area contributed by atoms with E-state index in [0.29, 0.717) is 35.8 Å². The molecule has 0 unspecified atom stereocenters. The van der Waals surface area contributed by atoms with Crippen LogP contribution >= 0.6 is 22.9 Å². The molecule has 9 heteroatoms. The molecule has 1 atom stereocenters. The zero-order chi connectivity index (χ0) is 22.0. The third-order valence-corrected chi connectivity index (χ3v) is 6.36. The van der Waals surface area contributed by atoms with Gasteiger partial charge in [-0.2, -0.15) is 0 Å². The Morgan fingerprint density at radius 2 is 2.13 bits per heavy atom. The van der Waals surface area contributed by atoms with Crippen molar-refractivity contribution in [3.8, 4) is 10.6 Å². The molecule has 1 saturated heterocycles. The van der Waals surface area contributed by atoms with E-state index in [1.807, 2.05) is 36.6 Å². The zero-order valence-corrected chi connectivity index (χ0v) is 18.7. The van der Waals surface area contributed by atoms with E-state index in [0.717, 1.165) is 22.4 Å². The maximum absolute atomic E-state index is 13.1. The maximum Gasteiger partial charge on any atom is 0.411 e. The van der Waals surface area contributed by atoms with E-state index < -0.39 is 12.3 Å². The van der Waals surface area contributed by atoms with Crippen molar-refractivity contribution in [2.45, 2.75) is 19.5 Å². The normalized spacial score (nSPS) is 16.5. The predicted molar refractivity (Wildman–Crippen MR) is 122 cm³/mol. The molecule has 4 rings (SSSR count). The van der Waals surface area contributed by atoms with E-state index in [1.165, 1.54) is 4.90 Å². The van der Waals surface area contributed by atoms with Crippen LogP contribution in [0.2, 0.25) is 5.02 Å². The molecular formula is C22H23ClN4O3S. The highest BCUT2D eigenvalue weighted by molar-refractivity contribution is 7.13. The molecule has 0 radical (unpaired) electrons. The number of carbonyl (C=O) groups is 2. The number of carbonyl (C=O) groups excluding carboxylic acids is 2. The molecule has 3 heterocycles. The van der Waals surface area contributed by atoms with Gasteiger partial charge in [0.2, 0.25) is 0 Å². The fraction of sp³-hybridized carbons (Fsp3) is 0.318. The lowest BCUT2D eigenvalue weighted by atomic mass is 10.1. The molecule has 31 heavy (non-hydrogen) atoms. The van der Waals surface area contributed by atoms with Crippen LogP contribution in [0.25, 0.3) is 21.5 Å². The van der Waals surface area contributed by atoms with Gasteiger partial charge in [-0.25, -0.2) is 9.78 Å². The van der Waals surface area contributed by atoms with E-state index in [-0.39, 0.29) is 12.5 Å². The molecule has 1 aliphatic rings. The van der Waals surface area contributed by atoms with Crippen LogP contribution in [0, 0.1) is 0 Å². The van der Waals surface area contributed by atoms with Crippen molar-refractivity contribution in [1.29, 1.82) is 0 Å². The molecule has 1 aliphatic heterocycles.